The van der Waals surface area contributed by atoms with Crippen molar-refractivity contribution in [3.05, 3.63) is 120 Å². The first kappa shape index (κ1) is 22.0. The Hall–Kier alpha value is -3.25. The number of para-hydroxylation sites is 2. The van der Waals surface area contributed by atoms with Gasteiger partial charge >= 0.3 is 6.18 Å². The minimum Gasteiger partial charge on any atom is -0.457 e. The van der Waals surface area contributed by atoms with Crippen LogP contribution in [-0.4, -0.2) is 6.18 Å². The van der Waals surface area contributed by atoms with Gasteiger partial charge in [0, 0.05) is 0 Å². The topological polar surface area (TPSA) is 18.5 Å². The third kappa shape index (κ3) is 4.65. The van der Waals surface area contributed by atoms with Crippen molar-refractivity contribution in [2.75, 3.05) is 0 Å². The molecule has 0 N–H and O–H groups in total. The van der Waals surface area contributed by atoms with Crippen molar-refractivity contribution < 1.29 is 22.6 Å². The molecule has 0 atom stereocenters. The van der Waals surface area contributed by atoms with E-state index in [0.29, 0.717) is 23.0 Å². The molecule has 6 heteroatoms. The Labute approximate surface area is 192 Å². The summed E-state index contributed by atoms with van der Waals surface area (Å²) >= 11 is 3.00. The van der Waals surface area contributed by atoms with Crippen LogP contribution in [0.3, 0.4) is 0 Å². The number of benzene rings is 4. The molecule has 0 fully saturated rings. The van der Waals surface area contributed by atoms with Gasteiger partial charge in [-0.3, -0.25) is 0 Å². The molecule has 0 bridgehead atoms. The van der Waals surface area contributed by atoms with E-state index in [1.807, 2.05) is 36.4 Å². The highest BCUT2D eigenvalue weighted by Gasteiger charge is 2.55. The SMILES string of the molecule is FC(F)(F)C(Br)(c1ccc(Oc2ccccc2)cc1)c1ccc(Oc2ccccc2)cc1. The number of rotatable bonds is 6. The van der Waals surface area contributed by atoms with E-state index in [9.17, 15) is 13.2 Å². The van der Waals surface area contributed by atoms with Gasteiger partial charge in [0.05, 0.1) is 0 Å². The molecule has 0 spiro atoms. The summed E-state index contributed by atoms with van der Waals surface area (Å²) in [6, 6.07) is 29.8. The molecule has 0 radical (unpaired) electrons. The van der Waals surface area contributed by atoms with Gasteiger partial charge < -0.3 is 9.47 Å². The van der Waals surface area contributed by atoms with Crippen molar-refractivity contribution in [2.24, 2.45) is 0 Å². The van der Waals surface area contributed by atoms with Crippen molar-refractivity contribution in [3.8, 4) is 23.0 Å². The van der Waals surface area contributed by atoms with Crippen LogP contribution in [0, 0.1) is 0 Å². The number of hydrogen-bond acceptors (Lipinski definition) is 2. The van der Waals surface area contributed by atoms with Crippen LogP contribution < -0.4 is 9.47 Å². The van der Waals surface area contributed by atoms with Crippen molar-refractivity contribution >= 4 is 15.9 Å². The standard InChI is InChI=1S/C26H18BrF3O2/c27-25(26(28,29)30,19-11-15-23(16-12-19)31-21-7-3-1-4-8-21)20-13-17-24(18-14-20)32-22-9-5-2-6-10-22/h1-18H. The first-order valence-electron chi connectivity index (χ1n) is 9.79. The highest BCUT2D eigenvalue weighted by atomic mass is 79.9. The smallest absolute Gasteiger partial charge is 0.411 e. The Morgan fingerprint density at radius 2 is 0.781 bits per heavy atom. The van der Waals surface area contributed by atoms with Crippen LogP contribution in [0.1, 0.15) is 11.1 Å². The van der Waals surface area contributed by atoms with Crippen molar-refractivity contribution in [1.82, 2.24) is 0 Å². The van der Waals surface area contributed by atoms with Gasteiger partial charge in [0.25, 0.3) is 0 Å². The van der Waals surface area contributed by atoms with Crippen molar-refractivity contribution in [1.29, 1.82) is 0 Å². The maximum atomic E-state index is 14.3. The van der Waals surface area contributed by atoms with Gasteiger partial charge in [-0.25, -0.2) is 0 Å². The third-order valence-electron chi connectivity index (χ3n) is 4.85. The van der Waals surface area contributed by atoms with Crippen LogP contribution in [-0.2, 0) is 4.32 Å². The van der Waals surface area contributed by atoms with E-state index in [2.05, 4.69) is 15.9 Å². The molecule has 0 aliphatic heterocycles. The van der Waals surface area contributed by atoms with E-state index in [4.69, 9.17) is 9.47 Å². The quantitative estimate of drug-likeness (QED) is 0.248. The van der Waals surface area contributed by atoms with Crippen molar-refractivity contribution in [3.63, 3.8) is 0 Å². The molecular weight excluding hydrogens is 481 g/mol. The molecule has 0 heterocycles. The Kier molecular flexibility index (Phi) is 6.24. The van der Waals surface area contributed by atoms with Gasteiger partial charge in [0.2, 0.25) is 0 Å². The van der Waals surface area contributed by atoms with Crippen LogP contribution in [0.15, 0.2) is 109 Å². The molecule has 0 aliphatic carbocycles. The molecule has 0 saturated carbocycles. The molecular formula is C26H18BrF3O2. The van der Waals surface area contributed by atoms with Gasteiger partial charge in [0.1, 0.15) is 23.0 Å². The monoisotopic (exact) mass is 498 g/mol. The highest BCUT2D eigenvalue weighted by molar-refractivity contribution is 9.09. The van der Waals surface area contributed by atoms with E-state index >= 15 is 0 Å². The first-order valence-corrected chi connectivity index (χ1v) is 10.6. The van der Waals surface area contributed by atoms with Gasteiger partial charge in [-0.2, -0.15) is 13.2 Å². The first-order chi connectivity index (χ1) is 15.4. The second-order valence-electron chi connectivity index (χ2n) is 7.04. The second kappa shape index (κ2) is 9.09. The van der Waals surface area contributed by atoms with Gasteiger partial charge in [-0.15, -0.1) is 0 Å². The normalized spacial score (nSPS) is 11.8. The summed E-state index contributed by atoms with van der Waals surface area (Å²) in [5.41, 5.74) is 0.0873. The Balaban J connectivity index is 1.61. The zero-order valence-corrected chi connectivity index (χ0v) is 18.3. The van der Waals surface area contributed by atoms with Crippen molar-refractivity contribution in [2.45, 2.75) is 10.5 Å². The lowest BCUT2D eigenvalue weighted by Gasteiger charge is -2.31. The van der Waals surface area contributed by atoms with Crippen LogP contribution in [0.25, 0.3) is 0 Å². The van der Waals surface area contributed by atoms with Gasteiger partial charge in [-0.05, 0) is 59.7 Å². The molecule has 0 aliphatic rings. The van der Waals surface area contributed by atoms with Crippen LogP contribution >= 0.6 is 15.9 Å². The van der Waals surface area contributed by atoms with E-state index < -0.39 is 10.5 Å². The van der Waals surface area contributed by atoms with Gasteiger partial charge in [-0.1, -0.05) is 76.6 Å². The Morgan fingerprint density at radius 1 is 0.469 bits per heavy atom. The maximum Gasteiger partial charge on any atom is 0.411 e. The summed E-state index contributed by atoms with van der Waals surface area (Å²) in [4.78, 5) is 0. The fourth-order valence-electron chi connectivity index (χ4n) is 3.25. The molecule has 4 rings (SSSR count). The summed E-state index contributed by atoms with van der Waals surface area (Å²) < 4.78 is 51.8. The average molecular weight is 499 g/mol. The molecule has 162 valence electrons. The Bertz CT molecular complexity index is 1060. The predicted octanol–water partition coefficient (Wildman–Crippen LogP) is 8.47. The molecule has 0 saturated heterocycles. The van der Waals surface area contributed by atoms with E-state index in [-0.39, 0.29) is 11.1 Å². The zero-order chi connectivity index (χ0) is 22.6. The van der Waals surface area contributed by atoms with E-state index in [1.54, 1.807) is 24.3 Å². The largest absolute Gasteiger partial charge is 0.457 e. The number of hydrogen-bond donors (Lipinski definition) is 0. The lowest BCUT2D eigenvalue weighted by atomic mass is 9.90. The number of alkyl halides is 4. The summed E-state index contributed by atoms with van der Waals surface area (Å²) in [7, 11) is 0. The second-order valence-corrected chi connectivity index (χ2v) is 8.22. The number of halogens is 4. The fourth-order valence-corrected chi connectivity index (χ4v) is 3.78. The van der Waals surface area contributed by atoms with Crippen LogP contribution in [0.4, 0.5) is 13.2 Å². The fraction of sp³-hybridized carbons (Fsp3) is 0.0769. The minimum absolute atomic E-state index is 0.0436. The molecule has 0 amide bonds. The molecule has 0 aromatic heterocycles. The highest BCUT2D eigenvalue weighted by Crippen LogP contribution is 2.51. The molecule has 4 aromatic carbocycles. The summed E-state index contributed by atoms with van der Waals surface area (Å²) in [5.74, 6) is 2.11. The maximum absolute atomic E-state index is 14.3. The summed E-state index contributed by atoms with van der Waals surface area (Å²) in [5, 5.41) is 0. The predicted molar refractivity (Wildman–Crippen MR) is 122 cm³/mol. The molecule has 2 nitrogen and oxygen atoms in total. The van der Waals surface area contributed by atoms with Crippen LogP contribution in [0.5, 0.6) is 23.0 Å². The third-order valence-corrected chi connectivity index (χ3v) is 6.22. The van der Waals surface area contributed by atoms with Crippen LogP contribution in [0.2, 0.25) is 0 Å². The molecule has 0 unspecified atom stereocenters. The van der Waals surface area contributed by atoms with E-state index in [0.717, 1.165) is 0 Å². The average Bonchev–Trinajstić information content (AvgIpc) is 2.80. The number of ether oxygens (including phenoxy) is 2. The summed E-state index contributed by atoms with van der Waals surface area (Å²) in [6.45, 7) is 0. The molecule has 32 heavy (non-hydrogen) atoms. The Morgan fingerprint density at radius 3 is 1.09 bits per heavy atom. The van der Waals surface area contributed by atoms with E-state index in [1.165, 1.54) is 48.5 Å². The minimum atomic E-state index is -4.59. The zero-order valence-electron chi connectivity index (χ0n) is 16.7. The lowest BCUT2D eigenvalue weighted by Crippen LogP contribution is -2.37. The van der Waals surface area contributed by atoms with Gasteiger partial charge in [0.15, 0.2) is 4.32 Å². The molecule has 4 aromatic rings. The lowest BCUT2D eigenvalue weighted by molar-refractivity contribution is -0.149. The summed E-state index contributed by atoms with van der Waals surface area (Å²) in [6.07, 6.45) is -4.59.